The Hall–Kier alpha value is -1.13. The molecule has 2 unspecified atom stereocenters. The minimum atomic E-state index is -0.425. The van der Waals surface area contributed by atoms with Crippen LogP contribution in [0.5, 0.6) is 5.75 Å². The lowest BCUT2D eigenvalue weighted by Crippen LogP contribution is -2.25. The molecule has 2 N–H and O–H groups in total. The standard InChI is InChI=1S/C13H18FNO2/c1-15-8-9-5-10(14)7-11(6-9)17-13-4-2-3-12(13)16/h5-7,12-13,15-16H,2-4,8H2,1H3. The van der Waals surface area contributed by atoms with Gasteiger partial charge in [0.05, 0.1) is 6.10 Å². The average molecular weight is 239 g/mol. The Balaban J connectivity index is 2.09. The van der Waals surface area contributed by atoms with Crippen molar-refractivity contribution in [1.29, 1.82) is 0 Å². The largest absolute Gasteiger partial charge is 0.488 e. The Labute approximate surface area is 101 Å². The van der Waals surface area contributed by atoms with Crippen LogP contribution in [0.15, 0.2) is 18.2 Å². The van der Waals surface area contributed by atoms with Crippen LogP contribution in [0.2, 0.25) is 0 Å². The van der Waals surface area contributed by atoms with Crippen LogP contribution < -0.4 is 10.1 Å². The van der Waals surface area contributed by atoms with Gasteiger partial charge in [-0.1, -0.05) is 0 Å². The van der Waals surface area contributed by atoms with Crippen molar-refractivity contribution in [3.8, 4) is 5.75 Å². The summed E-state index contributed by atoms with van der Waals surface area (Å²) in [4.78, 5) is 0. The maximum absolute atomic E-state index is 13.4. The summed E-state index contributed by atoms with van der Waals surface area (Å²) < 4.78 is 19.0. The second-order valence-electron chi connectivity index (χ2n) is 4.48. The molecule has 94 valence electrons. The van der Waals surface area contributed by atoms with E-state index in [9.17, 15) is 9.50 Å². The molecule has 0 aromatic heterocycles. The van der Waals surface area contributed by atoms with E-state index in [4.69, 9.17) is 4.74 Å². The van der Waals surface area contributed by atoms with Crippen molar-refractivity contribution < 1.29 is 14.2 Å². The molecule has 1 aromatic rings. The number of rotatable bonds is 4. The summed E-state index contributed by atoms with van der Waals surface area (Å²) in [6.07, 6.45) is 1.94. The second-order valence-corrected chi connectivity index (χ2v) is 4.48. The van der Waals surface area contributed by atoms with Crippen molar-refractivity contribution in [2.45, 2.75) is 38.0 Å². The molecule has 17 heavy (non-hydrogen) atoms. The van der Waals surface area contributed by atoms with Crippen molar-refractivity contribution in [2.75, 3.05) is 7.05 Å². The lowest BCUT2D eigenvalue weighted by atomic mass is 10.2. The number of halogens is 1. The van der Waals surface area contributed by atoms with Gasteiger partial charge in [0, 0.05) is 12.6 Å². The fourth-order valence-electron chi connectivity index (χ4n) is 2.21. The van der Waals surface area contributed by atoms with E-state index in [2.05, 4.69) is 5.32 Å². The van der Waals surface area contributed by atoms with Crippen molar-refractivity contribution in [2.24, 2.45) is 0 Å². The smallest absolute Gasteiger partial charge is 0.127 e. The first-order valence-corrected chi connectivity index (χ1v) is 5.98. The van der Waals surface area contributed by atoms with Crippen LogP contribution in [0.4, 0.5) is 4.39 Å². The van der Waals surface area contributed by atoms with Crippen LogP contribution in [-0.4, -0.2) is 24.4 Å². The molecule has 2 rings (SSSR count). The molecule has 1 aromatic carbocycles. The van der Waals surface area contributed by atoms with Gasteiger partial charge in [0.2, 0.25) is 0 Å². The summed E-state index contributed by atoms with van der Waals surface area (Å²) >= 11 is 0. The zero-order valence-electron chi connectivity index (χ0n) is 9.95. The lowest BCUT2D eigenvalue weighted by Gasteiger charge is -2.17. The molecule has 0 heterocycles. The lowest BCUT2D eigenvalue weighted by molar-refractivity contribution is 0.0601. The topological polar surface area (TPSA) is 41.5 Å². The minimum Gasteiger partial charge on any atom is -0.488 e. The summed E-state index contributed by atoms with van der Waals surface area (Å²) in [5, 5.41) is 12.6. The third-order valence-corrected chi connectivity index (χ3v) is 3.02. The SMILES string of the molecule is CNCc1cc(F)cc(OC2CCCC2O)c1. The summed E-state index contributed by atoms with van der Waals surface area (Å²) in [5.41, 5.74) is 0.843. The molecule has 1 aliphatic carbocycles. The first kappa shape index (κ1) is 12.3. The predicted molar refractivity (Wildman–Crippen MR) is 63.4 cm³/mol. The molecule has 0 bridgehead atoms. The van der Waals surface area contributed by atoms with Gasteiger partial charge in [-0.2, -0.15) is 0 Å². The molecule has 0 radical (unpaired) electrons. The van der Waals surface area contributed by atoms with Crippen molar-refractivity contribution in [1.82, 2.24) is 5.32 Å². The summed E-state index contributed by atoms with van der Waals surface area (Å²) in [6.45, 7) is 0.599. The fourth-order valence-corrected chi connectivity index (χ4v) is 2.21. The Bertz CT molecular complexity index is 384. The van der Waals surface area contributed by atoms with Gasteiger partial charge in [-0.05, 0) is 44.0 Å². The quantitative estimate of drug-likeness (QED) is 0.842. The second kappa shape index (κ2) is 5.47. The number of aliphatic hydroxyl groups is 1. The van der Waals surface area contributed by atoms with Crippen molar-refractivity contribution in [3.05, 3.63) is 29.6 Å². The van der Waals surface area contributed by atoms with Crippen LogP contribution in [0.3, 0.4) is 0 Å². The average Bonchev–Trinajstić information content (AvgIpc) is 2.64. The monoisotopic (exact) mass is 239 g/mol. The maximum Gasteiger partial charge on any atom is 0.127 e. The number of hydrogen-bond donors (Lipinski definition) is 2. The van der Waals surface area contributed by atoms with Gasteiger partial charge in [0.15, 0.2) is 0 Å². The van der Waals surface area contributed by atoms with E-state index in [1.165, 1.54) is 12.1 Å². The summed E-state index contributed by atoms with van der Waals surface area (Å²) in [7, 11) is 1.81. The molecule has 0 aliphatic heterocycles. The van der Waals surface area contributed by atoms with E-state index in [0.29, 0.717) is 12.3 Å². The van der Waals surface area contributed by atoms with Gasteiger partial charge in [-0.25, -0.2) is 4.39 Å². The molecule has 0 spiro atoms. The van der Waals surface area contributed by atoms with Gasteiger partial charge < -0.3 is 15.2 Å². The highest BCUT2D eigenvalue weighted by molar-refractivity contribution is 5.30. The van der Waals surface area contributed by atoms with E-state index in [1.807, 2.05) is 13.1 Å². The van der Waals surface area contributed by atoms with Crippen LogP contribution in [0.1, 0.15) is 24.8 Å². The molecule has 3 nitrogen and oxygen atoms in total. The molecule has 0 amide bonds. The Morgan fingerprint density at radius 1 is 1.41 bits per heavy atom. The molecular weight excluding hydrogens is 221 g/mol. The van der Waals surface area contributed by atoms with Gasteiger partial charge in [-0.15, -0.1) is 0 Å². The highest BCUT2D eigenvalue weighted by atomic mass is 19.1. The zero-order chi connectivity index (χ0) is 12.3. The molecule has 0 saturated heterocycles. The maximum atomic E-state index is 13.4. The zero-order valence-corrected chi connectivity index (χ0v) is 9.95. The van der Waals surface area contributed by atoms with Gasteiger partial charge in [0.1, 0.15) is 17.7 Å². The van der Waals surface area contributed by atoms with E-state index in [0.717, 1.165) is 24.8 Å². The number of aliphatic hydroxyl groups excluding tert-OH is 1. The van der Waals surface area contributed by atoms with Crippen LogP contribution in [-0.2, 0) is 6.54 Å². The number of hydrogen-bond acceptors (Lipinski definition) is 3. The molecule has 4 heteroatoms. The number of nitrogens with one attached hydrogen (secondary N) is 1. The fraction of sp³-hybridized carbons (Fsp3) is 0.538. The molecule has 1 fully saturated rings. The molecular formula is C13H18FNO2. The predicted octanol–water partition coefficient (Wildman–Crippen LogP) is 1.84. The summed E-state index contributed by atoms with van der Waals surface area (Å²) in [5.74, 6) is 0.196. The molecule has 1 aliphatic rings. The third kappa shape index (κ3) is 3.17. The van der Waals surface area contributed by atoms with Crippen LogP contribution >= 0.6 is 0 Å². The Kier molecular flexibility index (Phi) is 3.97. The Morgan fingerprint density at radius 3 is 2.88 bits per heavy atom. The van der Waals surface area contributed by atoms with E-state index >= 15 is 0 Å². The molecule has 2 atom stereocenters. The normalized spacial score (nSPS) is 23.9. The van der Waals surface area contributed by atoms with Gasteiger partial charge in [-0.3, -0.25) is 0 Å². The van der Waals surface area contributed by atoms with E-state index < -0.39 is 6.10 Å². The van der Waals surface area contributed by atoms with Crippen molar-refractivity contribution in [3.63, 3.8) is 0 Å². The van der Waals surface area contributed by atoms with E-state index in [-0.39, 0.29) is 11.9 Å². The number of ether oxygens (including phenoxy) is 1. The summed E-state index contributed by atoms with van der Waals surface area (Å²) in [6, 6.07) is 4.66. The van der Waals surface area contributed by atoms with Gasteiger partial charge >= 0.3 is 0 Å². The van der Waals surface area contributed by atoms with Crippen LogP contribution in [0.25, 0.3) is 0 Å². The highest BCUT2D eigenvalue weighted by Gasteiger charge is 2.27. The third-order valence-electron chi connectivity index (χ3n) is 3.02. The van der Waals surface area contributed by atoms with Crippen LogP contribution in [0, 0.1) is 5.82 Å². The van der Waals surface area contributed by atoms with Gasteiger partial charge in [0.25, 0.3) is 0 Å². The number of benzene rings is 1. The Morgan fingerprint density at radius 2 is 2.24 bits per heavy atom. The first-order valence-electron chi connectivity index (χ1n) is 5.98. The van der Waals surface area contributed by atoms with Crippen molar-refractivity contribution >= 4 is 0 Å². The van der Waals surface area contributed by atoms with E-state index in [1.54, 1.807) is 0 Å². The molecule has 1 saturated carbocycles. The highest BCUT2D eigenvalue weighted by Crippen LogP contribution is 2.25. The first-order chi connectivity index (χ1) is 8.19. The minimum absolute atomic E-state index is 0.195.